The lowest BCUT2D eigenvalue weighted by Gasteiger charge is -2.38. The third-order valence-corrected chi connectivity index (χ3v) is 5.01. The molecule has 0 amide bonds. The highest BCUT2D eigenvalue weighted by Crippen LogP contribution is 2.56. The average molecular weight is 312 g/mol. The van der Waals surface area contributed by atoms with Gasteiger partial charge in [0.15, 0.2) is 0 Å². The predicted molar refractivity (Wildman–Crippen MR) is 65.2 cm³/mol. The number of carbonyl (C=O) groups is 3. The Kier molecular flexibility index (Phi) is 5.88. The van der Waals surface area contributed by atoms with Gasteiger partial charge in [0.1, 0.15) is 5.41 Å². The third kappa shape index (κ3) is 3.56. The normalized spacial score (nSPS) is 17.8. The van der Waals surface area contributed by atoms with Crippen LogP contribution in [0.3, 0.4) is 0 Å². The molecule has 3 unspecified atom stereocenters. The van der Waals surface area contributed by atoms with Crippen LogP contribution in [-0.4, -0.2) is 48.7 Å². The molecule has 0 aromatic rings. The molecular formula is C10H17O9P. The van der Waals surface area contributed by atoms with Crippen LogP contribution in [0.15, 0.2) is 0 Å². The lowest BCUT2D eigenvalue weighted by atomic mass is 9.70. The summed E-state index contributed by atoms with van der Waals surface area (Å²) in [4.78, 5) is 52.0. The predicted octanol–water partition coefficient (Wildman–Crippen LogP) is 0.209. The van der Waals surface area contributed by atoms with Crippen LogP contribution in [0.2, 0.25) is 0 Å². The van der Waals surface area contributed by atoms with E-state index in [4.69, 9.17) is 10.2 Å². The lowest BCUT2D eigenvalue weighted by molar-refractivity contribution is -0.167. The van der Waals surface area contributed by atoms with Crippen molar-refractivity contribution in [2.45, 2.75) is 32.3 Å². The molecule has 116 valence electrons. The van der Waals surface area contributed by atoms with E-state index in [1.54, 1.807) is 0 Å². The summed E-state index contributed by atoms with van der Waals surface area (Å²) >= 11 is 0. The van der Waals surface area contributed by atoms with Crippen molar-refractivity contribution in [1.82, 2.24) is 0 Å². The Morgan fingerprint density at radius 2 is 1.60 bits per heavy atom. The monoisotopic (exact) mass is 312 g/mol. The van der Waals surface area contributed by atoms with Crippen LogP contribution in [0.5, 0.6) is 0 Å². The maximum Gasteiger partial charge on any atom is 0.329 e. The molecule has 0 fully saturated rings. The third-order valence-electron chi connectivity index (χ3n) is 3.37. The first-order valence-corrected chi connectivity index (χ1v) is 7.32. The second-order valence-corrected chi connectivity index (χ2v) is 6.29. The Labute approximate surface area is 114 Å². The molecule has 0 aromatic carbocycles. The SMILES string of the molecule is CCC(C(CC(=O)O)(C(=O)O)C(C)C(=O)O)P(=O)(O)O. The van der Waals surface area contributed by atoms with Gasteiger partial charge < -0.3 is 25.1 Å². The molecule has 0 spiro atoms. The maximum absolute atomic E-state index is 11.5. The van der Waals surface area contributed by atoms with Crippen molar-refractivity contribution in [2.75, 3.05) is 0 Å². The first-order valence-electron chi connectivity index (χ1n) is 5.64. The fourth-order valence-electron chi connectivity index (χ4n) is 2.34. The summed E-state index contributed by atoms with van der Waals surface area (Å²) in [6.07, 6.45) is -1.57. The first kappa shape index (κ1) is 18.6. The van der Waals surface area contributed by atoms with Crippen molar-refractivity contribution in [3.05, 3.63) is 0 Å². The van der Waals surface area contributed by atoms with Gasteiger partial charge in [0, 0.05) is 0 Å². The van der Waals surface area contributed by atoms with Crippen molar-refractivity contribution in [3.63, 3.8) is 0 Å². The summed E-state index contributed by atoms with van der Waals surface area (Å²) in [5, 5.41) is 27.1. The van der Waals surface area contributed by atoms with Crippen LogP contribution >= 0.6 is 7.60 Å². The van der Waals surface area contributed by atoms with Crippen LogP contribution in [0, 0.1) is 11.3 Å². The van der Waals surface area contributed by atoms with Crippen LogP contribution in [0.25, 0.3) is 0 Å². The van der Waals surface area contributed by atoms with Gasteiger partial charge in [0.2, 0.25) is 0 Å². The van der Waals surface area contributed by atoms with Gasteiger partial charge in [-0.15, -0.1) is 0 Å². The Balaban J connectivity index is 6.25. The average Bonchev–Trinajstić information content (AvgIpc) is 2.24. The van der Waals surface area contributed by atoms with E-state index in [1.165, 1.54) is 6.92 Å². The fourth-order valence-corrected chi connectivity index (χ4v) is 3.84. The minimum absolute atomic E-state index is 0.374. The largest absolute Gasteiger partial charge is 0.481 e. The van der Waals surface area contributed by atoms with Crippen molar-refractivity contribution < 1.29 is 44.1 Å². The molecule has 0 saturated heterocycles. The zero-order valence-electron chi connectivity index (χ0n) is 10.9. The zero-order chi connectivity index (χ0) is 16.3. The molecule has 0 radical (unpaired) electrons. The molecule has 3 atom stereocenters. The number of hydrogen-bond donors (Lipinski definition) is 5. The summed E-state index contributed by atoms with van der Waals surface area (Å²) in [5.41, 5.74) is -4.50. The molecule has 0 bridgehead atoms. The van der Waals surface area contributed by atoms with E-state index in [-0.39, 0.29) is 6.42 Å². The van der Waals surface area contributed by atoms with E-state index in [9.17, 15) is 33.8 Å². The number of rotatable bonds is 8. The van der Waals surface area contributed by atoms with E-state index in [0.717, 1.165) is 6.92 Å². The van der Waals surface area contributed by atoms with Gasteiger partial charge in [-0.05, 0) is 6.42 Å². The van der Waals surface area contributed by atoms with E-state index < -0.39 is 48.9 Å². The second kappa shape index (κ2) is 6.34. The van der Waals surface area contributed by atoms with Gasteiger partial charge in [-0.1, -0.05) is 13.8 Å². The Morgan fingerprint density at radius 1 is 1.15 bits per heavy atom. The van der Waals surface area contributed by atoms with Crippen molar-refractivity contribution in [1.29, 1.82) is 0 Å². The molecule has 0 saturated carbocycles. The lowest BCUT2D eigenvalue weighted by Crippen LogP contribution is -2.51. The van der Waals surface area contributed by atoms with E-state index in [1.807, 2.05) is 0 Å². The number of hydrogen-bond acceptors (Lipinski definition) is 4. The molecule has 0 aliphatic carbocycles. The molecule has 0 rings (SSSR count). The van der Waals surface area contributed by atoms with E-state index in [2.05, 4.69) is 0 Å². The smallest absolute Gasteiger partial charge is 0.329 e. The minimum Gasteiger partial charge on any atom is -0.481 e. The number of carboxylic acids is 3. The highest BCUT2D eigenvalue weighted by atomic mass is 31.2. The van der Waals surface area contributed by atoms with Gasteiger partial charge in [-0.3, -0.25) is 18.9 Å². The molecule has 0 aliphatic rings. The van der Waals surface area contributed by atoms with Gasteiger partial charge in [0.05, 0.1) is 18.0 Å². The van der Waals surface area contributed by atoms with E-state index >= 15 is 0 Å². The summed E-state index contributed by atoms with van der Waals surface area (Å²) < 4.78 is 11.5. The standard InChI is InChI=1S/C10H17O9P/c1-3-6(20(17,18)19)10(9(15)16,4-7(11)12)5(2)8(13)14/h5-6H,3-4H2,1-2H3,(H,11,12)(H,13,14)(H,15,16)(H2,17,18,19). The molecule has 9 nitrogen and oxygen atoms in total. The Bertz CT molecular complexity index is 454. The highest BCUT2D eigenvalue weighted by molar-refractivity contribution is 7.52. The number of aliphatic carboxylic acids is 3. The number of carboxylic acid groups (broad SMARTS) is 3. The van der Waals surface area contributed by atoms with Crippen molar-refractivity contribution in [2.24, 2.45) is 11.3 Å². The van der Waals surface area contributed by atoms with Crippen LogP contribution in [-0.2, 0) is 18.9 Å². The topological polar surface area (TPSA) is 169 Å². The van der Waals surface area contributed by atoms with Crippen LogP contribution < -0.4 is 0 Å². The summed E-state index contributed by atoms with van der Waals surface area (Å²) in [7, 11) is -5.01. The molecule has 0 heterocycles. The molecule has 0 aliphatic heterocycles. The van der Waals surface area contributed by atoms with Gasteiger partial charge in [0.25, 0.3) is 0 Å². The quantitative estimate of drug-likeness (QED) is 0.393. The van der Waals surface area contributed by atoms with Gasteiger partial charge in [-0.25, -0.2) is 0 Å². The Hall–Kier alpha value is -1.44. The summed E-state index contributed by atoms with van der Waals surface area (Å²) in [5.74, 6) is -6.92. The summed E-state index contributed by atoms with van der Waals surface area (Å²) in [6, 6.07) is 0. The zero-order valence-corrected chi connectivity index (χ0v) is 11.8. The maximum atomic E-state index is 11.5. The minimum atomic E-state index is -5.01. The van der Waals surface area contributed by atoms with Gasteiger partial charge in [-0.2, -0.15) is 0 Å². The fraction of sp³-hybridized carbons (Fsp3) is 0.700. The molecule has 0 aromatic heterocycles. The highest BCUT2D eigenvalue weighted by Gasteiger charge is 2.59. The molecule has 5 N–H and O–H groups in total. The summed E-state index contributed by atoms with van der Waals surface area (Å²) in [6.45, 7) is 2.19. The molecule has 10 heteroatoms. The first-order chi connectivity index (χ1) is 8.91. The van der Waals surface area contributed by atoms with Crippen LogP contribution in [0.1, 0.15) is 26.7 Å². The Morgan fingerprint density at radius 3 is 1.80 bits per heavy atom. The van der Waals surface area contributed by atoms with Crippen molar-refractivity contribution >= 4 is 25.5 Å². The van der Waals surface area contributed by atoms with Crippen LogP contribution in [0.4, 0.5) is 0 Å². The van der Waals surface area contributed by atoms with Gasteiger partial charge >= 0.3 is 25.5 Å². The van der Waals surface area contributed by atoms with E-state index in [0.29, 0.717) is 0 Å². The molecule has 20 heavy (non-hydrogen) atoms. The van der Waals surface area contributed by atoms with Crippen molar-refractivity contribution in [3.8, 4) is 0 Å². The second-order valence-electron chi connectivity index (χ2n) is 4.49. The molecular weight excluding hydrogens is 295 g/mol.